The average Bonchev–Trinajstić information content (AvgIpc) is 3.04. The van der Waals surface area contributed by atoms with Crippen molar-refractivity contribution in [2.45, 2.75) is 19.3 Å². The van der Waals surface area contributed by atoms with E-state index in [2.05, 4.69) is 24.9 Å². The first-order valence-electron chi connectivity index (χ1n) is 7.25. The minimum Gasteiger partial charge on any atom is -0.327 e. The summed E-state index contributed by atoms with van der Waals surface area (Å²) in [6.45, 7) is 11.6. The van der Waals surface area contributed by atoms with Gasteiger partial charge < -0.3 is 5.73 Å². The Bertz CT molecular complexity index is 650. The van der Waals surface area contributed by atoms with Gasteiger partial charge >= 0.3 is 0 Å². The molecule has 23 heavy (non-hydrogen) atoms. The van der Waals surface area contributed by atoms with Crippen LogP contribution in [0.3, 0.4) is 0 Å². The fourth-order valence-corrected chi connectivity index (χ4v) is 3.76. The molecule has 0 bridgehead atoms. The Morgan fingerprint density at radius 2 is 2.09 bits per heavy atom. The van der Waals surface area contributed by atoms with E-state index < -0.39 is 5.41 Å². The molecule has 122 valence electrons. The van der Waals surface area contributed by atoms with E-state index in [1.165, 1.54) is 0 Å². The monoisotopic (exact) mass is 333 g/mol. The molecule has 4 nitrogen and oxygen atoms in total. The molecule has 2 aliphatic rings. The molecule has 0 aromatic carbocycles. The summed E-state index contributed by atoms with van der Waals surface area (Å²) < 4.78 is 14.2. The Morgan fingerprint density at radius 1 is 1.35 bits per heavy atom. The summed E-state index contributed by atoms with van der Waals surface area (Å²) in [5, 5.41) is 0. The van der Waals surface area contributed by atoms with Crippen LogP contribution in [0.5, 0.6) is 0 Å². The van der Waals surface area contributed by atoms with Crippen molar-refractivity contribution in [1.82, 2.24) is 4.31 Å². The SMILES string of the molecule is C=CC1=C(C/C=C\CN)CC2(C1)C(=O)N(SF)C(N=C)=C2C=C. The second-order valence-corrected chi connectivity index (χ2v) is 5.95. The quantitative estimate of drug-likeness (QED) is 0.440. The molecule has 2 rings (SSSR count). The van der Waals surface area contributed by atoms with Crippen molar-refractivity contribution in [1.29, 1.82) is 0 Å². The van der Waals surface area contributed by atoms with E-state index in [0.29, 0.717) is 31.4 Å². The van der Waals surface area contributed by atoms with Gasteiger partial charge in [0.05, 0.1) is 5.41 Å². The maximum absolute atomic E-state index is 13.3. The molecule has 1 spiro atoms. The molecule has 0 saturated carbocycles. The third-order valence-corrected chi connectivity index (χ3v) is 4.82. The lowest BCUT2D eigenvalue weighted by Crippen LogP contribution is -2.32. The number of nitrogens with two attached hydrogens (primary N) is 1. The molecular formula is C17H20FN3OS. The number of hydrogen-bond donors (Lipinski definition) is 1. The first kappa shape index (κ1) is 17.4. The fourth-order valence-electron chi connectivity index (χ4n) is 3.30. The van der Waals surface area contributed by atoms with Gasteiger partial charge in [-0.1, -0.05) is 43.0 Å². The van der Waals surface area contributed by atoms with Crippen molar-refractivity contribution in [2.75, 3.05) is 6.54 Å². The highest BCUT2D eigenvalue weighted by Gasteiger charge is 2.55. The zero-order chi connectivity index (χ0) is 17.0. The summed E-state index contributed by atoms with van der Waals surface area (Å²) in [7, 11) is 0. The van der Waals surface area contributed by atoms with Crippen LogP contribution in [0.1, 0.15) is 19.3 Å². The van der Waals surface area contributed by atoms with E-state index in [1.54, 1.807) is 12.2 Å². The van der Waals surface area contributed by atoms with Crippen molar-refractivity contribution in [2.24, 2.45) is 16.1 Å². The van der Waals surface area contributed by atoms with Crippen molar-refractivity contribution >= 4 is 25.0 Å². The first-order valence-corrected chi connectivity index (χ1v) is 7.92. The molecule has 0 fully saturated rings. The van der Waals surface area contributed by atoms with Gasteiger partial charge in [-0.2, -0.15) is 0 Å². The van der Waals surface area contributed by atoms with Gasteiger partial charge in [-0.3, -0.25) is 4.79 Å². The Morgan fingerprint density at radius 3 is 2.61 bits per heavy atom. The van der Waals surface area contributed by atoms with Crippen LogP contribution < -0.4 is 5.73 Å². The van der Waals surface area contributed by atoms with Crippen LogP contribution in [-0.2, 0) is 4.79 Å². The molecule has 0 saturated heterocycles. The molecular weight excluding hydrogens is 313 g/mol. The van der Waals surface area contributed by atoms with Gasteiger partial charge in [0.15, 0.2) is 18.2 Å². The van der Waals surface area contributed by atoms with Crippen LogP contribution in [-0.4, -0.2) is 23.5 Å². The van der Waals surface area contributed by atoms with Crippen LogP contribution in [0.4, 0.5) is 3.89 Å². The van der Waals surface area contributed by atoms with Crippen molar-refractivity contribution in [3.63, 3.8) is 0 Å². The summed E-state index contributed by atoms with van der Waals surface area (Å²) in [4.78, 5) is 16.7. The van der Waals surface area contributed by atoms with Gasteiger partial charge in [0.25, 0.3) is 5.91 Å². The molecule has 1 heterocycles. The predicted octanol–water partition coefficient (Wildman–Crippen LogP) is 3.63. The normalized spacial score (nSPS) is 24.4. The van der Waals surface area contributed by atoms with Crippen LogP contribution in [0.15, 0.2) is 65.0 Å². The highest BCUT2D eigenvalue weighted by molar-refractivity contribution is 7.92. The number of aliphatic imine (C=N–C) groups is 1. The van der Waals surface area contributed by atoms with E-state index in [4.69, 9.17) is 5.73 Å². The molecule has 1 aliphatic heterocycles. The van der Waals surface area contributed by atoms with E-state index in [0.717, 1.165) is 15.5 Å². The molecule has 0 aromatic heterocycles. The first-order chi connectivity index (χ1) is 11.1. The van der Waals surface area contributed by atoms with E-state index in [1.807, 2.05) is 12.2 Å². The highest BCUT2D eigenvalue weighted by atomic mass is 32.2. The topological polar surface area (TPSA) is 58.7 Å². The van der Waals surface area contributed by atoms with E-state index >= 15 is 0 Å². The van der Waals surface area contributed by atoms with Gasteiger partial charge in [0, 0.05) is 12.1 Å². The Balaban J connectivity index is 2.44. The van der Waals surface area contributed by atoms with E-state index in [9.17, 15) is 8.68 Å². The Hall–Kier alpha value is -1.92. The molecule has 2 N–H and O–H groups in total. The number of halogens is 1. The van der Waals surface area contributed by atoms with Crippen molar-refractivity contribution < 1.29 is 8.68 Å². The third-order valence-electron chi connectivity index (χ3n) is 4.34. The van der Waals surface area contributed by atoms with Gasteiger partial charge in [0.2, 0.25) is 0 Å². The number of carbonyl (C=O) groups is 1. The zero-order valence-electron chi connectivity index (χ0n) is 12.9. The van der Waals surface area contributed by atoms with Crippen molar-refractivity contribution in [3.05, 3.63) is 60.0 Å². The maximum Gasteiger partial charge on any atom is 0.251 e. The second-order valence-electron chi connectivity index (χ2n) is 5.45. The molecule has 0 radical (unpaired) electrons. The summed E-state index contributed by atoms with van der Waals surface area (Å²) in [6, 6.07) is 0. The number of carbonyl (C=O) groups excluding carboxylic acids is 1. The van der Waals surface area contributed by atoms with Crippen LogP contribution in [0, 0.1) is 5.41 Å². The molecule has 0 aromatic rings. The third kappa shape index (κ3) is 2.72. The molecule has 1 atom stereocenters. The average molecular weight is 333 g/mol. The molecule has 6 heteroatoms. The van der Waals surface area contributed by atoms with Crippen LogP contribution >= 0.6 is 12.3 Å². The van der Waals surface area contributed by atoms with Crippen molar-refractivity contribution in [3.8, 4) is 0 Å². The van der Waals surface area contributed by atoms with E-state index in [-0.39, 0.29) is 24.1 Å². The Labute approximate surface area is 140 Å². The minimum absolute atomic E-state index is 0.146. The zero-order valence-corrected chi connectivity index (χ0v) is 13.7. The Kier molecular flexibility index (Phi) is 5.38. The number of amides is 1. The number of allylic oxidation sites excluding steroid dienone is 5. The second kappa shape index (κ2) is 7.10. The predicted molar refractivity (Wildman–Crippen MR) is 94.0 cm³/mol. The highest BCUT2D eigenvalue weighted by Crippen LogP contribution is 2.56. The number of hydrogen-bond acceptors (Lipinski definition) is 4. The maximum atomic E-state index is 13.3. The molecule has 1 aliphatic carbocycles. The number of rotatable bonds is 7. The van der Waals surface area contributed by atoms with Gasteiger partial charge in [-0.15, -0.1) is 3.89 Å². The minimum atomic E-state index is -0.854. The summed E-state index contributed by atoms with van der Waals surface area (Å²) >= 11 is -0.146. The largest absolute Gasteiger partial charge is 0.327 e. The summed E-state index contributed by atoms with van der Waals surface area (Å²) in [5.74, 6) is -0.0842. The molecule has 1 unspecified atom stereocenters. The lowest BCUT2D eigenvalue weighted by molar-refractivity contribution is -0.130. The summed E-state index contributed by atoms with van der Waals surface area (Å²) in [6.07, 6.45) is 8.86. The molecule has 1 amide bonds. The lowest BCUT2D eigenvalue weighted by Gasteiger charge is -2.24. The van der Waals surface area contributed by atoms with Crippen LogP contribution in [0.25, 0.3) is 0 Å². The van der Waals surface area contributed by atoms with Gasteiger partial charge in [-0.25, -0.2) is 9.30 Å². The standard InChI is InChI=1S/C17H20FN3OS/c1-4-12-10-17(11-13(12)8-6-7-9-19)14(5-2)15(20-3)21(23-18)16(17)22/h4-7H,1-3,8-11,19H2/b7-6-. The summed E-state index contributed by atoms with van der Waals surface area (Å²) in [5.41, 5.74) is 7.35. The van der Waals surface area contributed by atoms with Gasteiger partial charge in [0.1, 0.15) is 0 Å². The fraction of sp³-hybridized carbons (Fsp3) is 0.294. The van der Waals surface area contributed by atoms with Gasteiger partial charge in [-0.05, 0) is 31.6 Å². The van der Waals surface area contributed by atoms with Crippen LogP contribution in [0.2, 0.25) is 0 Å². The number of nitrogens with zero attached hydrogens (tertiary/aromatic N) is 2. The lowest BCUT2D eigenvalue weighted by atomic mass is 9.77. The smallest absolute Gasteiger partial charge is 0.251 e.